The molecular weight excluding hydrogens is 184 g/mol. The quantitative estimate of drug-likeness (QED) is 0.746. The van der Waals surface area contributed by atoms with Crippen molar-refractivity contribution in [3.8, 4) is 0 Å². The standard InChI is InChI=1S/C11H14N2.C2H6/c1-7(2)10-9-4-5-12-11(9)8(3)6-13-10;1-2/h4-7,12H,1-3H3;1-2H3. The number of aromatic nitrogens is 2. The highest BCUT2D eigenvalue weighted by atomic mass is 14.7. The molecule has 2 heteroatoms. The lowest BCUT2D eigenvalue weighted by atomic mass is 10.0. The van der Waals surface area contributed by atoms with Crippen LogP contribution in [0, 0.1) is 6.92 Å². The Hall–Kier alpha value is -1.31. The van der Waals surface area contributed by atoms with Crippen LogP contribution in [0.2, 0.25) is 0 Å². The number of H-pyrrole nitrogens is 1. The largest absolute Gasteiger partial charge is 0.361 e. The minimum atomic E-state index is 0.485. The van der Waals surface area contributed by atoms with Crippen molar-refractivity contribution in [3.63, 3.8) is 0 Å². The first-order chi connectivity index (χ1) is 7.20. The molecule has 0 saturated carbocycles. The van der Waals surface area contributed by atoms with E-state index in [0.29, 0.717) is 5.92 Å². The number of hydrogen-bond donors (Lipinski definition) is 1. The summed E-state index contributed by atoms with van der Waals surface area (Å²) in [7, 11) is 0. The van der Waals surface area contributed by atoms with E-state index in [1.165, 1.54) is 22.2 Å². The van der Waals surface area contributed by atoms with E-state index >= 15 is 0 Å². The van der Waals surface area contributed by atoms with Crippen molar-refractivity contribution in [2.45, 2.75) is 40.5 Å². The summed E-state index contributed by atoms with van der Waals surface area (Å²) in [5, 5.41) is 1.26. The zero-order valence-electron chi connectivity index (χ0n) is 10.3. The summed E-state index contributed by atoms with van der Waals surface area (Å²) >= 11 is 0. The van der Waals surface area contributed by atoms with Crippen molar-refractivity contribution < 1.29 is 0 Å². The predicted octanol–water partition coefficient (Wildman–Crippen LogP) is 4.02. The minimum absolute atomic E-state index is 0.485. The highest BCUT2D eigenvalue weighted by Crippen LogP contribution is 2.24. The van der Waals surface area contributed by atoms with E-state index in [4.69, 9.17) is 0 Å². The fourth-order valence-electron chi connectivity index (χ4n) is 1.67. The number of fused-ring (bicyclic) bond motifs is 1. The summed E-state index contributed by atoms with van der Waals surface area (Å²) in [6, 6.07) is 2.10. The Labute approximate surface area is 91.7 Å². The average molecular weight is 204 g/mol. The molecule has 0 unspecified atom stereocenters. The maximum Gasteiger partial charge on any atom is 0.0522 e. The lowest BCUT2D eigenvalue weighted by Gasteiger charge is -2.06. The van der Waals surface area contributed by atoms with Crippen molar-refractivity contribution in [3.05, 3.63) is 29.7 Å². The van der Waals surface area contributed by atoms with Gasteiger partial charge in [-0.1, -0.05) is 27.7 Å². The van der Waals surface area contributed by atoms with E-state index in [2.05, 4.69) is 36.8 Å². The van der Waals surface area contributed by atoms with Gasteiger partial charge in [-0.15, -0.1) is 0 Å². The van der Waals surface area contributed by atoms with Gasteiger partial charge in [0.25, 0.3) is 0 Å². The number of aromatic amines is 1. The van der Waals surface area contributed by atoms with Crippen molar-refractivity contribution in [1.29, 1.82) is 0 Å². The summed E-state index contributed by atoms with van der Waals surface area (Å²) in [6.45, 7) is 10.4. The highest BCUT2D eigenvalue weighted by Gasteiger charge is 2.08. The van der Waals surface area contributed by atoms with Gasteiger partial charge in [-0.2, -0.15) is 0 Å². The third-order valence-electron chi connectivity index (χ3n) is 2.36. The number of aryl methyl sites for hydroxylation is 1. The molecule has 2 aromatic heterocycles. The monoisotopic (exact) mass is 204 g/mol. The van der Waals surface area contributed by atoms with Gasteiger partial charge in [-0.25, -0.2) is 0 Å². The number of nitrogens with one attached hydrogen (secondary N) is 1. The summed E-state index contributed by atoms with van der Waals surface area (Å²) < 4.78 is 0. The van der Waals surface area contributed by atoms with Gasteiger partial charge in [0.05, 0.1) is 11.2 Å². The fraction of sp³-hybridized carbons (Fsp3) is 0.462. The third-order valence-corrected chi connectivity index (χ3v) is 2.36. The molecular formula is C13H20N2. The molecule has 2 rings (SSSR count). The SMILES string of the molecule is CC.Cc1cnc(C(C)C)c2cc[nH]c12. The van der Waals surface area contributed by atoms with Crippen molar-refractivity contribution in [2.24, 2.45) is 0 Å². The molecule has 0 spiro atoms. The predicted molar refractivity (Wildman–Crippen MR) is 66.3 cm³/mol. The highest BCUT2D eigenvalue weighted by molar-refractivity contribution is 5.84. The molecule has 0 amide bonds. The van der Waals surface area contributed by atoms with Gasteiger partial charge in [0.1, 0.15) is 0 Å². The van der Waals surface area contributed by atoms with E-state index in [9.17, 15) is 0 Å². The second-order valence-corrected chi connectivity index (χ2v) is 3.75. The van der Waals surface area contributed by atoms with Crippen LogP contribution in [0.15, 0.2) is 18.5 Å². The molecule has 2 nitrogen and oxygen atoms in total. The van der Waals surface area contributed by atoms with Crippen LogP contribution in [0.25, 0.3) is 10.9 Å². The van der Waals surface area contributed by atoms with Crippen LogP contribution in [-0.4, -0.2) is 9.97 Å². The molecule has 2 aromatic rings. The Bertz CT molecular complexity index is 427. The molecule has 0 atom stereocenters. The molecule has 1 N–H and O–H groups in total. The van der Waals surface area contributed by atoms with Crippen LogP contribution in [-0.2, 0) is 0 Å². The van der Waals surface area contributed by atoms with Gasteiger partial charge in [-0.3, -0.25) is 4.98 Å². The van der Waals surface area contributed by atoms with E-state index in [1.807, 2.05) is 26.2 Å². The van der Waals surface area contributed by atoms with E-state index in [-0.39, 0.29) is 0 Å². The molecule has 0 aliphatic heterocycles. The van der Waals surface area contributed by atoms with Crippen LogP contribution in [0.5, 0.6) is 0 Å². The van der Waals surface area contributed by atoms with Crippen molar-refractivity contribution in [2.75, 3.05) is 0 Å². The van der Waals surface area contributed by atoms with Gasteiger partial charge in [0.2, 0.25) is 0 Å². The Morgan fingerprint density at radius 3 is 2.53 bits per heavy atom. The Morgan fingerprint density at radius 2 is 1.93 bits per heavy atom. The number of pyridine rings is 1. The lowest BCUT2D eigenvalue weighted by Crippen LogP contribution is -1.94. The maximum atomic E-state index is 4.46. The zero-order chi connectivity index (χ0) is 11.4. The molecule has 0 saturated heterocycles. The van der Waals surface area contributed by atoms with Gasteiger partial charge >= 0.3 is 0 Å². The molecule has 0 aliphatic carbocycles. The first-order valence-corrected chi connectivity index (χ1v) is 5.62. The van der Waals surface area contributed by atoms with Crippen LogP contribution in [0.3, 0.4) is 0 Å². The Balaban J connectivity index is 0.000000531. The molecule has 0 bridgehead atoms. The molecule has 2 heterocycles. The zero-order valence-corrected chi connectivity index (χ0v) is 10.3. The Kier molecular flexibility index (Phi) is 3.89. The summed E-state index contributed by atoms with van der Waals surface area (Å²) in [6.07, 6.45) is 3.92. The van der Waals surface area contributed by atoms with Crippen molar-refractivity contribution in [1.82, 2.24) is 9.97 Å². The first kappa shape index (κ1) is 11.8. The van der Waals surface area contributed by atoms with Crippen LogP contribution in [0.1, 0.15) is 44.9 Å². The topological polar surface area (TPSA) is 28.7 Å². The Morgan fingerprint density at radius 1 is 1.27 bits per heavy atom. The second kappa shape index (κ2) is 4.96. The van der Waals surface area contributed by atoms with Gasteiger partial charge in [-0.05, 0) is 24.5 Å². The molecule has 0 aliphatic rings. The summed E-state index contributed by atoms with van der Waals surface area (Å²) in [4.78, 5) is 7.70. The van der Waals surface area contributed by atoms with Crippen LogP contribution < -0.4 is 0 Å². The normalized spacial score (nSPS) is 10.3. The average Bonchev–Trinajstić information content (AvgIpc) is 2.70. The summed E-state index contributed by atoms with van der Waals surface area (Å²) in [5.41, 5.74) is 3.62. The summed E-state index contributed by atoms with van der Waals surface area (Å²) in [5.74, 6) is 0.485. The number of rotatable bonds is 1. The molecule has 0 fully saturated rings. The second-order valence-electron chi connectivity index (χ2n) is 3.75. The smallest absolute Gasteiger partial charge is 0.0522 e. The maximum absolute atomic E-state index is 4.46. The molecule has 0 radical (unpaired) electrons. The number of nitrogens with zero attached hydrogens (tertiary/aromatic N) is 1. The molecule has 0 aromatic carbocycles. The third kappa shape index (κ3) is 2.20. The fourth-order valence-corrected chi connectivity index (χ4v) is 1.67. The van der Waals surface area contributed by atoms with E-state index in [0.717, 1.165) is 0 Å². The van der Waals surface area contributed by atoms with Crippen LogP contribution >= 0.6 is 0 Å². The number of hydrogen-bond acceptors (Lipinski definition) is 1. The van der Waals surface area contributed by atoms with E-state index < -0.39 is 0 Å². The van der Waals surface area contributed by atoms with E-state index in [1.54, 1.807) is 0 Å². The first-order valence-electron chi connectivity index (χ1n) is 5.62. The minimum Gasteiger partial charge on any atom is -0.361 e. The van der Waals surface area contributed by atoms with Gasteiger partial charge < -0.3 is 4.98 Å². The van der Waals surface area contributed by atoms with Crippen molar-refractivity contribution >= 4 is 10.9 Å². The molecule has 15 heavy (non-hydrogen) atoms. The van der Waals surface area contributed by atoms with Gasteiger partial charge in [0.15, 0.2) is 0 Å². The van der Waals surface area contributed by atoms with Crippen LogP contribution in [0.4, 0.5) is 0 Å². The van der Waals surface area contributed by atoms with Gasteiger partial charge in [0, 0.05) is 17.8 Å². The molecule has 82 valence electrons. The lowest BCUT2D eigenvalue weighted by molar-refractivity contribution is 0.833.